The van der Waals surface area contributed by atoms with Crippen molar-refractivity contribution in [3.63, 3.8) is 0 Å². The minimum Gasteiger partial charge on any atom is -0.353 e. The van der Waals surface area contributed by atoms with Crippen molar-refractivity contribution in [3.8, 4) is 17.1 Å². The molecule has 0 N–H and O–H groups in total. The molecule has 1 aliphatic rings. The van der Waals surface area contributed by atoms with Crippen LogP contribution in [0.5, 0.6) is 0 Å². The SMILES string of the molecule is Cc1nc(-c2ccccc2)cc(N2CCN(C(=O)c3cnn(-c4ccc5ccccc5n4)c3C)CC2)n1. The fourth-order valence-corrected chi connectivity index (χ4v) is 4.80. The largest absolute Gasteiger partial charge is 0.353 e. The molecule has 3 aromatic heterocycles. The van der Waals surface area contributed by atoms with Gasteiger partial charge < -0.3 is 9.80 Å². The molecule has 0 atom stereocenters. The Balaban J connectivity index is 1.17. The molecular formula is C29H27N7O. The third-order valence-electron chi connectivity index (χ3n) is 6.83. The van der Waals surface area contributed by atoms with Crippen molar-refractivity contribution in [3.05, 3.63) is 96.1 Å². The number of rotatable bonds is 4. The van der Waals surface area contributed by atoms with Crippen LogP contribution >= 0.6 is 0 Å². The van der Waals surface area contributed by atoms with E-state index in [0.717, 1.165) is 39.5 Å². The van der Waals surface area contributed by atoms with Gasteiger partial charge in [-0.25, -0.2) is 19.6 Å². The topological polar surface area (TPSA) is 80.0 Å². The van der Waals surface area contributed by atoms with Crippen LogP contribution in [0.15, 0.2) is 79.0 Å². The van der Waals surface area contributed by atoms with Crippen molar-refractivity contribution in [1.29, 1.82) is 0 Å². The van der Waals surface area contributed by atoms with Crippen LogP contribution < -0.4 is 4.90 Å². The second-order valence-corrected chi connectivity index (χ2v) is 9.22. The fourth-order valence-electron chi connectivity index (χ4n) is 4.80. The summed E-state index contributed by atoms with van der Waals surface area (Å²) in [6, 6.07) is 24.1. The lowest BCUT2D eigenvalue weighted by Crippen LogP contribution is -2.49. The predicted octanol–water partition coefficient (Wildman–Crippen LogP) is 4.46. The molecule has 0 aliphatic carbocycles. The van der Waals surface area contributed by atoms with Crippen LogP contribution in [0.25, 0.3) is 28.0 Å². The number of carbonyl (C=O) groups excluding carboxylic acids is 1. The third kappa shape index (κ3) is 4.42. The zero-order chi connectivity index (χ0) is 25.4. The van der Waals surface area contributed by atoms with Gasteiger partial charge in [-0.15, -0.1) is 0 Å². The zero-order valence-corrected chi connectivity index (χ0v) is 20.9. The Labute approximate surface area is 215 Å². The van der Waals surface area contributed by atoms with Crippen molar-refractivity contribution in [1.82, 2.24) is 29.6 Å². The summed E-state index contributed by atoms with van der Waals surface area (Å²) >= 11 is 0. The van der Waals surface area contributed by atoms with Crippen molar-refractivity contribution >= 4 is 22.6 Å². The standard InChI is InChI=1S/C29H27N7O/c1-20-24(19-30-36(20)27-13-12-23-10-6-7-11-25(23)33-27)29(37)35-16-14-34(15-17-35)28-18-26(31-21(2)32-28)22-8-4-3-5-9-22/h3-13,18-19H,14-17H2,1-2H3. The number of amides is 1. The van der Waals surface area contributed by atoms with Crippen LogP contribution in [0.4, 0.5) is 5.82 Å². The summed E-state index contributed by atoms with van der Waals surface area (Å²) in [6.45, 7) is 6.47. The Hall–Kier alpha value is -4.59. The summed E-state index contributed by atoms with van der Waals surface area (Å²) in [5.74, 6) is 2.33. The van der Waals surface area contributed by atoms with Gasteiger partial charge in [0.05, 0.1) is 28.7 Å². The van der Waals surface area contributed by atoms with Crippen LogP contribution in [-0.2, 0) is 0 Å². The molecule has 0 bridgehead atoms. The number of benzene rings is 2. The number of aromatic nitrogens is 5. The van der Waals surface area contributed by atoms with E-state index in [2.05, 4.69) is 32.1 Å². The van der Waals surface area contributed by atoms with Gasteiger partial charge in [0.15, 0.2) is 5.82 Å². The molecule has 5 aromatic rings. The molecule has 0 radical (unpaired) electrons. The molecule has 0 saturated carbocycles. The van der Waals surface area contributed by atoms with E-state index in [0.29, 0.717) is 37.6 Å². The number of fused-ring (bicyclic) bond motifs is 1. The number of aryl methyl sites for hydroxylation is 1. The average Bonchev–Trinajstić information content (AvgIpc) is 3.33. The van der Waals surface area contributed by atoms with Gasteiger partial charge >= 0.3 is 0 Å². The molecule has 8 nitrogen and oxygen atoms in total. The van der Waals surface area contributed by atoms with Gasteiger partial charge in [-0.3, -0.25) is 4.79 Å². The van der Waals surface area contributed by atoms with Crippen molar-refractivity contribution in [2.45, 2.75) is 13.8 Å². The molecule has 37 heavy (non-hydrogen) atoms. The first-order chi connectivity index (χ1) is 18.1. The second kappa shape index (κ2) is 9.46. The number of carbonyl (C=O) groups is 1. The lowest BCUT2D eigenvalue weighted by atomic mass is 10.1. The van der Waals surface area contributed by atoms with E-state index in [4.69, 9.17) is 4.98 Å². The van der Waals surface area contributed by atoms with Crippen molar-refractivity contribution in [2.24, 2.45) is 0 Å². The number of hydrogen-bond acceptors (Lipinski definition) is 6. The first-order valence-corrected chi connectivity index (χ1v) is 12.4. The molecule has 0 spiro atoms. The Kier molecular flexibility index (Phi) is 5.84. The van der Waals surface area contributed by atoms with Gasteiger partial charge in [0.2, 0.25) is 0 Å². The predicted molar refractivity (Wildman–Crippen MR) is 144 cm³/mol. The maximum Gasteiger partial charge on any atom is 0.257 e. The molecule has 1 amide bonds. The lowest BCUT2D eigenvalue weighted by Gasteiger charge is -2.35. The lowest BCUT2D eigenvalue weighted by molar-refractivity contribution is 0.0745. The van der Waals surface area contributed by atoms with E-state index in [-0.39, 0.29) is 5.91 Å². The smallest absolute Gasteiger partial charge is 0.257 e. The van der Waals surface area contributed by atoms with Crippen LogP contribution in [0.2, 0.25) is 0 Å². The van der Waals surface area contributed by atoms with Crippen LogP contribution in [0.1, 0.15) is 21.9 Å². The first-order valence-electron chi connectivity index (χ1n) is 12.4. The summed E-state index contributed by atoms with van der Waals surface area (Å²) in [5, 5.41) is 5.57. The van der Waals surface area contributed by atoms with Gasteiger partial charge in [0.25, 0.3) is 5.91 Å². The number of para-hydroxylation sites is 1. The third-order valence-corrected chi connectivity index (χ3v) is 6.83. The maximum absolute atomic E-state index is 13.4. The highest BCUT2D eigenvalue weighted by Gasteiger charge is 2.26. The maximum atomic E-state index is 13.4. The molecule has 8 heteroatoms. The summed E-state index contributed by atoms with van der Waals surface area (Å²) in [6.07, 6.45) is 1.65. The van der Waals surface area contributed by atoms with Crippen LogP contribution in [0, 0.1) is 13.8 Å². The Morgan fingerprint density at radius 1 is 0.784 bits per heavy atom. The number of anilines is 1. The second-order valence-electron chi connectivity index (χ2n) is 9.22. The van der Waals surface area contributed by atoms with E-state index >= 15 is 0 Å². The Morgan fingerprint density at radius 3 is 2.35 bits per heavy atom. The Bertz CT molecular complexity index is 1590. The summed E-state index contributed by atoms with van der Waals surface area (Å²) in [4.78, 5) is 31.6. The highest BCUT2D eigenvalue weighted by molar-refractivity contribution is 5.95. The molecule has 2 aromatic carbocycles. The van der Waals surface area contributed by atoms with Gasteiger partial charge in [-0.1, -0.05) is 48.5 Å². The molecular weight excluding hydrogens is 462 g/mol. The van der Waals surface area contributed by atoms with Crippen molar-refractivity contribution in [2.75, 3.05) is 31.1 Å². The number of pyridine rings is 1. The first kappa shape index (κ1) is 22.8. The van der Waals surface area contributed by atoms with E-state index in [1.807, 2.05) is 79.4 Å². The van der Waals surface area contributed by atoms with Gasteiger partial charge in [0, 0.05) is 43.2 Å². The molecule has 1 aliphatic heterocycles. The normalized spacial score (nSPS) is 13.8. The monoisotopic (exact) mass is 489 g/mol. The molecule has 0 unspecified atom stereocenters. The fraction of sp³-hybridized carbons (Fsp3) is 0.207. The average molecular weight is 490 g/mol. The van der Waals surface area contributed by atoms with E-state index in [1.54, 1.807) is 10.9 Å². The number of nitrogens with zero attached hydrogens (tertiary/aromatic N) is 7. The quantitative estimate of drug-likeness (QED) is 0.371. The molecule has 4 heterocycles. The zero-order valence-electron chi connectivity index (χ0n) is 20.9. The minimum absolute atomic E-state index is 0.00645. The van der Waals surface area contributed by atoms with Crippen LogP contribution in [-0.4, -0.2) is 61.7 Å². The molecule has 184 valence electrons. The van der Waals surface area contributed by atoms with E-state index in [1.165, 1.54) is 0 Å². The summed E-state index contributed by atoms with van der Waals surface area (Å²) in [7, 11) is 0. The highest BCUT2D eigenvalue weighted by atomic mass is 16.2. The van der Waals surface area contributed by atoms with Crippen LogP contribution in [0.3, 0.4) is 0 Å². The highest BCUT2D eigenvalue weighted by Crippen LogP contribution is 2.24. The van der Waals surface area contributed by atoms with Gasteiger partial charge in [0.1, 0.15) is 11.6 Å². The summed E-state index contributed by atoms with van der Waals surface area (Å²) in [5.41, 5.74) is 4.26. The number of hydrogen-bond donors (Lipinski definition) is 0. The molecule has 6 rings (SSSR count). The van der Waals surface area contributed by atoms with Gasteiger partial charge in [-0.05, 0) is 32.0 Å². The molecule has 1 fully saturated rings. The number of piperazine rings is 1. The van der Waals surface area contributed by atoms with E-state index in [9.17, 15) is 4.79 Å². The summed E-state index contributed by atoms with van der Waals surface area (Å²) < 4.78 is 1.74. The van der Waals surface area contributed by atoms with Crippen molar-refractivity contribution < 1.29 is 4.79 Å². The molecule has 1 saturated heterocycles. The minimum atomic E-state index is -0.00645. The Morgan fingerprint density at radius 2 is 1.54 bits per heavy atom. The van der Waals surface area contributed by atoms with E-state index < -0.39 is 0 Å². The van der Waals surface area contributed by atoms with Gasteiger partial charge in [-0.2, -0.15) is 5.10 Å².